The maximum atomic E-state index is 10.5. The SMILES string of the molecule is Cc1cc(C)n(CC(O)CN(Cc2ccccc2)C(C)(C)C)n1. The van der Waals surface area contributed by atoms with Crippen LogP contribution in [-0.2, 0) is 13.1 Å². The van der Waals surface area contributed by atoms with E-state index < -0.39 is 6.10 Å². The number of β-amino-alcohol motifs (C(OH)–C–C–N with tert-alkyl or cyclic N) is 1. The molecule has 4 heteroatoms. The standard InChI is InChI=1S/C19H29N3O/c1-15-11-16(2)22(20-15)14-18(23)13-21(19(3,4)5)12-17-9-7-6-8-10-17/h6-11,18,23H,12-14H2,1-5H3. The molecule has 2 aromatic rings. The molecule has 4 nitrogen and oxygen atoms in total. The number of aromatic nitrogens is 2. The van der Waals surface area contributed by atoms with Crippen molar-refractivity contribution in [1.82, 2.24) is 14.7 Å². The molecular formula is C19H29N3O. The van der Waals surface area contributed by atoms with Crippen LogP contribution in [0.3, 0.4) is 0 Å². The van der Waals surface area contributed by atoms with Crippen LogP contribution in [0.5, 0.6) is 0 Å². The first-order valence-electron chi connectivity index (χ1n) is 8.24. The lowest BCUT2D eigenvalue weighted by Gasteiger charge is -2.37. The second-order valence-electron chi connectivity index (χ2n) is 7.30. The van der Waals surface area contributed by atoms with Crippen molar-refractivity contribution in [1.29, 1.82) is 0 Å². The van der Waals surface area contributed by atoms with Crippen LogP contribution in [0.25, 0.3) is 0 Å². The van der Waals surface area contributed by atoms with Crippen LogP contribution >= 0.6 is 0 Å². The molecule has 0 fully saturated rings. The van der Waals surface area contributed by atoms with Gasteiger partial charge in [0.2, 0.25) is 0 Å². The number of aliphatic hydroxyl groups excluding tert-OH is 1. The fraction of sp³-hybridized carbons (Fsp3) is 0.526. The second-order valence-corrected chi connectivity index (χ2v) is 7.30. The van der Waals surface area contributed by atoms with Crippen LogP contribution in [0.1, 0.15) is 37.7 Å². The molecule has 1 heterocycles. The van der Waals surface area contributed by atoms with Gasteiger partial charge in [0.25, 0.3) is 0 Å². The minimum atomic E-state index is -0.448. The molecule has 0 amide bonds. The molecule has 1 aromatic heterocycles. The second kappa shape index (κ2) is 7.28. The average Bonchev–Trinajstić information content (AvgIpc) is 2.76. The highest BCUT2D eigenvalue weighted by molar-refractivity contribution is 5.15. The van der Waals surface area contributed by atoms with Gasteiger partial charge in [-0.3, -0.25) is 9.58 Å². The fourth-order valence-corrected chi connectivity index (χ4v) is 2.75. The molecule has 0 aliphatic heterocycles. The highest BCUT2D eigenvalue weighted by atomic mass is 16.3. The van der Waals surface area contributed by atoms with Gasteiger partial charge in [-0.1, -0.05) is 30.3 Å². The van der Waals surface area contributed by atoms with Crippen molar-refractivity contribution in [3.05, 3.63) is 53.3 Å². The summed E-state index contributed by atoms with van der Waals surface area (Å²) in [4.78, 5) is 2.32. The largest absolute Gasteiger partial charge is 0.390 e. The van der Waals surface area contributed by atoms with E-state index in [9.17, 15) is 5.11 Å². The Morgan fingerprint density at radius 1 is 1.17 bits per heavy atom. The van der Waals surface area contributed by atoms with Crippen molar-refractivity contribution in [2.75, 3.05) is 6.54 Å². The van der Waals surface area contributed by atoms with Crippen LogP contribution in [0.4, 0.5) is 0 Å². The smallest absolute Gasteiger partial charge is 0.0863 e. The summed E-state index contributed by atoms with van der Waals surface area (Å²) in [5.74, 6) is 0. The third kappa shape index (κ3) is 5.19. The summed E-state index contributed by atoms with van der Waals surface area (Å²) in [6.45, 7) is 12.5. The molecule has 0 aliphatic rings. The van der Waals surface area contributed by atoms with E-state index in [0.717, 1.165) is 17.9 Å². The summed E-state index contributed by atoms with van der Waals surface area (Å²) >= 11 is 0. The molecule has 1 aromatic carbocycles. The van der Waals surface area contributed by atoms with Gasteiger partial charge in [0, 0.05) is 24.3 Å². The predicted octanol–water partition coefficient (Wildman–Crippen LogP) is 3.16. The number of benzene rings is 1. The summed E-state index contributed by atoms with van der Waals surface area (Å²) in [7, 11) is 0. The first kappa shape index (κ1) is 17.7. The van der Waals surface area contributed by atoms with Crippen molar-refractivity contribution in [3.8, 4) is 0 Å². The molecule has 1 N–H and O–H groups in total. The van der Waals surface area contributed by atoms with Gasteiger partial charge in [-0.15, -0.1) is 0 Å². The lowest BCUT2D eigenvalue weighted by Crippen LogP contribution is -2.45. The van der Waals surface area contributed by atoms with E-state index in [1.165, 1.54) is 5.56 Å². The predicted molar refractivity (Wildman–Crippen MR) is 94.3 cm³/mol. The van der Waals surface area contributed by atoms with Gasteiger partial charge in [0.1, 0.15) is 0 Å². The topological polar surface area (TPSA) is 41.3 Å². The molecule has 0 spiro atoms. The van der Waals surface area contributed by atoms with Gasteiger partial charge < -0.3 is 5.11 Å². The highest BCUT2D eigenvalue weighted by Crippen LogP contribution is 2.18. The van der Waals surface area contributed by atoms with Crippen molar-refractivity contribution >= 4 is 0 Å². The Kier molecular flexibility index (Phi) is 5.60. The van der Waals surface area contributed by atoms with Gasteiger partial charge in [0.15, 0.2) is 0 Å². The number of hydrogen-bond acceptors (Lipinski definition) is 3. The Morgan fingerprint density at radius 2 is 1.83 bits per heavy atom. The molecule has 0 bridgehead atoms. The van der Waals surface area contributed by atoms with E-state index in [2.05, 4.69) is 55.0 Å². The van der Waals surface area contributed by atoms with Crippen LogP contribution in [-0.4, -0.2) is 38.0 Å². The molecule has 2 rings (SSSR count). The molecular weight excluding hydrogens is 286 g/mol. The van der Waals surface area contributed by atoms with Gasteiger partial charge in [0.05, 0.1) is 18.3 Å². The van der Waals surface area contributed by atoms with E-state index in [-0.39, 0.29) is 5.54 Å². The van der Waals surface area contributed by atoms with Gasteiger partial charge in [-0.25, -0.2) is 0 Å². The summed E-state index contributed by atoms with van der Waals surface area (Å²) in [5, 5.41) is 15.0. The molecule has 1 atom stereocenters. The number of nitrogens with zero attached hydrogens (tertiary/aromatic N) is 3. The lowest BCUT2D eigenvalue weighted by atomic mass is 10.0. The quantitative estimate of drug-likeness (QED) is 0.890. The molecule has 23 heavy (non-hydrogen) atoms. The maximum Gasteiger partial charge on any atom is 0.0863 e. The third-order valence-corrected chi connectivity index (χ3v) is 4.08. The van der Waals surface area contributed by atoms with E-state index in [1.807, 2.05) is 30.7 Å². The third-order valence-electron chi connectivity index (χ3n) is 4.08. The van der Waals surface area contributed by atoms with E-state index in [1.54, 1.807) is 0 Å². The van der Waals surface area contributed by atoms with E-state index in [0.29, 0.717) is 13.1 Å². The minimum Gasteiger partial charge on any atom is -0.390 e. The zero-order valence-corrected chi connectivity index (χ0v) is 15.0. The Hall–Kier alpha value is -1.65. The summed E-state index contributed by atoms with van der Waals surface area (Å²) in [6.07, 6.45) is -0.448. The molecule has 0 saturated carbocycles. The molecule has 0 aliphatic carbocycles. The molecule has 126 valence electrons. The Bertz CT molecular complexity index is 613. The van der Waals surface area contributed by atoms with E-state index >= 15 is 0 Å². The van der Waals surface area contributed by atoms with Gasteiger partial charge in [-0.05, 0) is 46.2 Å². The summed E-state index contributed by atoms with van der Waals surface area (Å²) < 4.78 is 1.89. The average molecular weight is 315 g/mol. The minimum absolute atomic E-state index is 0.00804. The van der Waals surface area contributed by atoms with Crippen molar-refractivity contribution in [2.24, 2.45) is 0 Å². The number of hydrogen-bond donors (Lipinski definition) is 1. The van der Waals surface area contributed by atoms with Crippen molar-refractivity contribution < 1.29 is 5.11 Å². The zero-order valence-electron chi connectivity index (χ0n) is 15.0. The van der Waals surface area contributed by atoms with Gasteiger partial charge in [-0.2, -0.15) is 5.10 Å². The van der Waals surface area contributed by atoms with Crippen LogP contribution in [0, 0.1) is 13.8 Å². The highest BCUT2D eigenvalue weighted by Gasteiger charge is 2.24. The first-order chi connectivity index (χ1) is 10.8. The van der Waals surface area contributed by atoms with Crippen molar-refractivity contribution in [2.45, 2.75) is 59.4 Å². The number of rotatable bonds is 6. The molecule has 0 saturated heterocycles. The molecule has 0 radical (unpaired) electrons. The Labute approximate surface area is 139 Å². The number of aryl methyl sites for hydroxylation is 2. The van der Waals surface area contributed by atoms with Crippen LogP contribution < -0.4 is 0 Å². The Balaban J connectivity index is 2.04. The zero-order chi connectivity index (χ0) is 17.0. The normalized spacial score (nSPS) is 13.5. The summed E-state index contributed by atoms with van der Waals surface area (Å²) in [5.41, 5.74) is 3.34. The monoisotopic (exact) mass is 315 g/mol. The van der Waals surface area contributed by atoms with E-state index in [4.69, 9.17) is 0 Å². The van der Waals surface area contributed by atoms with Gasteiger partial charge >= 0.3 is 0 Å². The fourth-order valence-electron chi connectivity index (χ4n) is 2.75. The maximum absolute atomic E-state index is 10.5. The lowest BCUT2D eigenvalue weighted by molar-refractivity contribution is 0.0426. The van der Waals surface area contributed by atoms with Crippen LogP contribution in [0.2, 0.25) is 0 Å². The first-order valence-corrected chi connectivity index (χ1v) is 8.24. The summed E-state index contributed by atoms with van der Waals surface area (Å²) in [6, 6.07) is 12.4. The van der Waals surface area contributed by atoms with Crippen molar-refractivity contribution in [3.63, 3.8) is 0 Å². The molecule has 1 unspecified atom stereocenters. The Morgan fingerprint density at radius 3 is 2.35 bits per heavy atom. The van der Waals surface area contributed by atoms with Crippen LogP contribution in [0.15, 0.2) is 36.4 Å². The number of aliphatic hydroxyl groups is 1.